The molecule has 3 aromatic rings. The van der Waals surface area contributed by atoms with Crippen molar-refractivity contribution < 1.29 is 4.79 Å². The molecule has 0 bridgehead atoms. The molecule has 0 radical (unpaired) electrons. The number of pyridine rings is 1. The van der Waals surface area contributed by atoms with Gasteiger partial charge in [-0.2, -0.15) is 15.3 Å². The van der Waals surface area contributed by atoms with Gasteiger partial charge >= 0.3 is 0 Å². The monoisotopic (exact) mass is 408 g/mol. The Labute approximate surface area is 173 Å². The van der Waals surface area contributed by atoms with E-state index in [9.17, 15) is 4.79 Å². The molecular formula is C21H21ClN6O. The summed E-state index contributed by atoms with van der Waals surface area (Å²) in [7, 11) is 0. The summed E-state index contributed by atoms with van der Waals surface area (Å²) < 4.78 is 0. The van der Waals surface area contributed by atoms with Crippen LogP contribution in [0.5, 0.6) is 0 Å². The minimum absolute atomic E-state index is 0.0299. The summed E-state index contributed by atoms with van der Waals surface area (Å²) in [5.41, 5.74) is 4.88. The van der Waals surface area contributed by atoms with Crippen molar-refractivity contribution >= 4 is 23.3 Å². The molecular weight excluding hydrogens is 388 g/mol. The molecule has 148 valence electrons. The van der Waals surface area contributed by atoms with Crippen molar-refractivity contribution in [3.63, 3.8) is 0 Å². The lowest BCUT2D eigenvalue weighted by molar-refractivity contribution is -0.121. The SMILES string of the molecule is CCc1nc(Cl)ccc1CC1C(=O)N(c2cc(-c3cnncc3C)[nH]n2)C2CC12. The molecule has 7 nitrogen and oxygen atoms in total. The van der Waals surface area contributed by atoms with Gasteiger partial charge < -0.3 is 0 Å². The zero-order valence-electron chi connectivity index (χ0n) is 16.3. The topological polar surface area (TPSA) is 87.7 Å². The smallest absolute Gasteiger partial charge is 0.232 e. The number of anilines is 1. The van der Waals surface area contributed by atoms with Gasteiger partial charge in [0.1, 0.15) is 5.15 Å². The van der Waals surface area contributed by atoms with Crippen LogP contribution in [0.1, 0.15) is 30.2 Å². The highest BCUT2D eigenvalue weighted by atomic mass is 35.5. The van der Waals surface area contributed by atoms with E-state index in [4.69, 9.17) is 11.6 Å². The molecule has 8 heteroatoms. The predicted molar refractivity (Wildman–Crippen MR) is 110 cm³/mol. The van der Waals surface area contributed by atoms with Gasteiger partial charge in [0.25, 0.3) is 0 Å². The van der Waals surface area contributed by atoms with Gasteiger partial charge in [0.15, 0.2) is 5.82 Å². The van der Waals surface area contributed by atoms with Gasteiger partial charge in [0, 0.05) is 29.3 Å². The Morgan fingerprint density at radius 1 is 1.28 bits per heavy atom. The molecule has 1 aliphatic heterocycles. The van der Waals surface area contributed by atoms with E-state index in [1.807, 2.05) is 30.0 Å². The highest BCUT2D eigenvalue weighted by Gasteiger charge is 2.59. The number of piperidine rings is 1. The number of H-pyrrole nitrogens is 1. The molecule has 0 aromatic carbocycles. The lowest BCUT2D eigenvalue weighted by Gasteiger charge is -2.19. The average molecular weight is 409 g/mol. The van der Waals surface area contributed by atoms with Crippen molar-refractivity contribution in [2.45, 2.75) is 39.2 Å². The molecule has 3 unspecified atom stereocenters. The quantitative estimate of drug-likeness (QED) is 0.654. The molecule has 3 atom stereocenters. The number of carbonyl (C=O) groups is 1. The zero-order chi connectivity index (χ0) is 20.1. The number of fused-ring (bicyclic) bond motifs is 1. The van der Waals surface area contributed by atoms with Gasteiger partial charge in [-0.3, -0.25) is 14.8 Å². The molecule has 1 amide bonds. The number of carbonyl (C=O) groups excluding carboxylic acids is 1. The molecule has 29 heavy (non-hydrogen) atoms. The average Bonchev–Trinajstić information content (AvgIpc) is 3.23. The van der Waals surface area contributed by atoms with Gasteiger partial charge in [-0.25, -0.2) is 4.98 Å². The van der Waals surface area contributed by atoms with E-state index in [-0.39, 0.29) is 17.9 Å². The molecule has 3 aromatic heterocycles. The first-order valence-electron chi connectivity index (χ1n) is 9.87. The van der Waals surface area contributed by atoms with E-state index >= 15 is 0 Å². The Morgan fingerprint density at radius 3 is 2.90 bits per heavy atom. The maximum Gasteiger partial charge on any atom is 0.232 e. The van der Waals surface area contributed by atoms with Crippen molar-refractivity contribution in [3.8, 4) is 11.3 Å². The largest absolute Gasteiger partial charge is 0.292 e. The number of aryl methyl sites for hydroxylation is 2. The first-order valence-corrected chi connectivity index (χ1v) is 10.2. The minimum Gasteiger partial charge on any atom is -0.292 e. The number of halogens is 1. The van der Waals surface area contributed by atoms with Crippen LogP contribution in [0.3, 0.4) is 0 Å². The number of nitrogens with one attached hydrogen (secondary N) is 1. The van der Waals surface area contributed by atoms with Gasteiger partial charge in [-0.15, -0.1) is 0 Å². The van der Waals surface area contributed by atoms with E-state index in [0.29, 0.717) is 23.3 Å². The Kier molecular flexibility index (Phi) is 4.35. The van der Waals surface area contributed by atoms with Gasteiger partial charge in [0.05, 0.1) is 18.1 Å². The molecule has 1 saturated heterocycles. The molecule has 2 aliphatic rings. The number of rotatable bonds is 5. The Balaban J connectivity index is 1.40. The van der Waals surface area contributed by atoms with Crippen molar-refractivity contribution in [3.05, 3.63) is 52.6 Å². The molecule has 2 fully saturated rings. The van der Waals surface area contributed by atoms with Crippen LogP contribution < -0.4 is 4.90 Å². The van der Waals surface area contributed by atoms with Crippen molar-refractivity contribution in [1.82, 2.24) is 25.4 Å². The maximum atomic E-state index is 13.2. The number of amides is 1. The van der Waals surface area contributed by atoms with Gasteiger partial charge in [-0.1, -0.05) is 24.6 Å². The highest BCUT2D eigenvalue weighted by Crippen LogP contribution is 2.51. The lowest BCUT2D eigenvalue weighted by atomic mass is 9.94. The van der Waals surface area contributed by atoms with Crippen LogP contribution in [0, 0.1) is 18.8 Å². The van der Waals surface area contributed by atoms with Crippen LogP contribution in [0.4, 0.5) is 5.82 Å². The van der Waals surface area contributed by atoms with Crippen LogP contribution in [0.25, 0.3) is 11.3 Å². The Hall–Kier alpha value is -2.80. The minimum atomic E-state index is -0.0299. The molecule has 4 heterocycles. The fraction of sp³-hybridized carbons (Fsp3) is 0.381. The van der Waals surface area contributed by atoms with Crippen LogP contribution in [-0.4, -0.2) is 37.3 Å². The summed E-state index contributed by atoms with van der Waals surface area (Å²) in [6.45, 7) is 4.04. The fourth-order valence-electron chi connectivity index (χ4n) is 4.45. The van der Waals surface area contributed by atoms with E-state index < -0.39 is 0 Å². The Bertz CT molecular complexity index is 1100. The summed E-state index contributed by atoms with van der Waals surface area (Å²) in [6.07, 6.45) is 5.96. The van der Waals surface area contributed by atoms with Crippen molar-refractivity contribution in [2.24, 2.45) is 11.8 Å². The van der Waals surface area contributed by atoms with Gasteiger partial charge in [0.2, 0.25) is 5.91 Å². The van der Waals surface area contributed by atoms with Crippen LogP contribution >= 0.6 is 11.6 Å². The van der Waals surface area contributed by atoms with Gasteiger partial charge in [-0.05, 0) is 49.3 Å². The number of aromatic nitrogens is 5. The second-order valence-electron chi connectivity index (χ2n) is 7.80. The summed E-state index contributed by atoms with van der Waals surface area (Å²) >= 11 is 6.04. The van der Waals surface area contributed by atoms with E-state index in [0.717, 1.165) is 40.9 Å². The second-order valence-corrected chi connectivity index (χ2v) is 8.19. The number of hydrogen-bond acceptors (Lipinski definition) is 5. The third-order valence-electron chi connectivity index (χ3n) is 6.05. The summed E-state index contributed by atoms with van der Waals surface area (Å²) in [5, 5.41) is 15.8. The zero-order valence-corrected chi connectivity index (χ0v) is 17.0. The van der Waals surface area contributed by atoms with Crippen LogP contribution in [-0.2, 0) is 17.6 Å². The van der Waals surface area contributed by atoms with E-state index in [2.05, 4.69) is 32.3 Å². The summed E-state index contributed by atoms with van der Waals surface area (Å²) in [5.74, 6) is 1.18. The third kappa shape index (κ3) is 3.09. The number of hydrogen-bond donors (Lipinski definition) is 1. The van der Waals surface area contributed by atoms with E-state index in [1.165, 1.54) is 0 Å². The molecule has 0 spiro atoms. The Morgan fingerprint density at radius 2 is 2.10 bits per heavy atom. The fourth-order valence-corrected chi connectivity index (χ4v) is 4.61. The molecule has 1 aliphatic carbocycles. The lowest BCUT2D eigenvalue weighted by Crippen LogP contribution is -2.32. The normalized spacial score (nSPS) is 22.8. The second kappa shape index (κ2) is 6.91. The molecule has 1 N–H and O–H groups in total. The molecule has 1 saturated carbocycles. The summed E-state index contributed by atoms with van der Waals surface area (Å²) in [6, 6.07) is 5.99. The highest BCUT2D eigenvalue weighted by molar-refractivity contribution is 6.29. The third-order valence-corrected chi connectivity index (χ3v) is 6.26. The van der Waals surface area contributed by atoms with Crippen molar-refractivity contribution in [1.29, 1.82) is 0 Å². The van der Waals surface area contributed by atoms with E-state index in [1.54, 1.807) is 12.4 Å². The number of aromatic amines is 1. The standard InChI is InChI=1S/C21H21ClN6O/c1-3-16-12(4-5-19(22)25-16)6-14-13-7-18(13)28(21(14)29)20-8-17(26-27-20)15-10-24-23-9-11(15)2/h4-5,8-10,13-14,18H,3,6-7H2,1-2H3,(H,26,27). The first kappa shape index (κ1) is 18.2. The van der Waals surface area contributed by atoms with Crippen LogP contribution in [0.2, 0.25) is 5.15 Å². The van der Waals surface area contributed by atoms with Crippen molar-refractivity contribution in [2.75, 3.05) is 4.90 Å². The summed E-state index contributed by atoms with van der Waals surface area (Å²) in [4.78, 5) is 19.5. The van der Waals surface area contributed by atoms with Crippen LogP contribution in [0.15, 0.2) is 30.6 Å². The number of nitrogens with zero attached hydrogens (tertiary/aromatic N) is 5. The molecule has 5 rings (SSSR count). The predicted octanol–water partition coefficient (Wildman–Crippen LogP) is 3.38. The maximum absolute atomic E-state index is 13.2. The first-order chi connectivity index (χ1) is 14.1.